The average molecular weight is 168 g/mol. The van der Waals surface area contributed by atoms with E-state index in [4.69, 9.17) is 0 Å². The van der Waals surface area contributed by atoms with Crippen LogP contribution >= 0.6 is 0 Å². The van der Waals surface area contributed by atoms with E-state index in [-0.39, 0.29) is 0 Å². The van der Waals surface area contributed by atoms with E-state index in [0.29, 0.717) is 12.4 Å². The van der Waals surface area contributed by atoms with Crippen LogP contribution in [0.1, 0.15) is 12.7 Å². The Balaban J connectivity index is 2.81. The first-order valence-corrected chi connectivity index (χ1v) is 3.43. The molecule has 1 rings (SSSR count). The van der Waals surface area contributed by atoms with Crippen molar-refractivity contribution in [1.29, 1.82) is 0 Å². The van der Waals surface area contributed by atoms with Crippen molar-refractivity contribution in [1.82, 2.24) is 14.8 Å². The van der Waals surface area contributed by atoms with Gasteiger partial charge in [-0.15, -0.1) is 0 Å². The minimum absolute atomic E-state index is 0.495. The Kier molecular flexibility index (Phi) is 2.52. The highest BCUT2D eigenvalue weighted by Crippen LogP contribution is 1.96. The Morgan fingerprint density at radius 2 is 2.58 bits per heavy atom. The van der Waals surface area contributed by atoms with Crippen molar-refractivity contribution in [3.63, 3.8) is 0 Å². The summed E-state index contributed by atoms with van der Waals surface area (Å²) < 4.78 is 1.57. The maximum Gasteiger partial charge on any atom is 0.238 e. The fourth-order valence-electron chi connectivity index (χ4n) is 0.773. The van der Waals surface area contributed by atoms with Crippen LogP contribution in [0.5, 0.6) is 0 Å². The van der Waals surface area contributed by atoms with Crippen molar-refractivity contribution in [3.05, 3.63) is 28.5 Å². The molecular formula is C6H8N4O2. The molecule has 0 aliphatic rings. The molecule has 0 aliphatic carbocycles. The smallest absolute Gasteiger partial charge is 0.238 e. The number of hydrogen-bond donors (Lipinski definition) is 0. The van der Waals surface area contributed by atoms with Gasteiger partial charge in [0.15, 0.2) is 5.82 Å². The summed E-state index contributed by atoms with van der Waals surface area (Å²) in [7, 11) is 0. The van der Waals surface area contributed by atoms with Gasteiger partial charge in [-0.2, -0.15) is 5.10 Å². The third kappa shape index (κ3) is 1.88. The van der Waals surface area contributed by atoms with Gasteiger partial charge in [0.25, 0.3) is 0 Å². The van der Waals surface area contributed by atoms with Crippen LogP contribution in [0.15, 0.2) is 12.5 Å². The fraction of sp³-hybridized carbons (Fsp3) is 0.333. The van der Waals surface area contributed by atoms with E-state index in [2.05, 4.69) is 10.1 Å². The zero-order valence-electron chi connectivity index (χ0n) is 6.54. The first-order chi connectivity index (χ1) is 5.74. The first kappa shape index (κ1) is 8.38. The molecule has 0 fully saturated rings. The van der Waals surface area contributed by atoms with E-state index >= 15 is 0 Å². The van der Waals surface area contributed by atoms with Crippen LogP contribution in [0.3, 0.4) is 0 Å². The van der Waals surface area contributed by atoms with Crippen LogP contribution < -0.4 is 0 Å². The van der Waals surface area contributed by atoms with E-state index in [0.717, 1.165) is 6.20 Å². The van der Waals surface area contributed by atoms with Crippen LogP contribution in [0.4, 0.5) is 0 Å². The number of rotatable bonds is 3. The Labute approximate surface area is 68.7 Å². The normalized spacial score (nSPS) is 10.8. The van der Waals surface area contributed by atoms with Gasteiger partial charge in [0.1, 0.15) is 6.33 Å². The first-order valence-electron chi connectivity index (χ1n) is 3.43. The van der Waals surface area contributed by atoms with Crippen LogP contribution in [-0.4, -0.2) is 19.7 Å². The predicted octanol–water partition coefficient (Wildman–Crippen LogP) is 0.545. The summed E-state index contributed by atoms with van der Waals surface area (Å²) in [5.74, 6) is 0.495. The molecule has 0 saturated carbocycles. The zero-order valence-corrected chi connectivity index (χ0v) is 6.54. The molecule has 0 saturated heterocycles. The second-order valence-electron chi connectivity index (χ2n) is 2.04. The van der Waals surface area contributed by atoms with E-state index < -0.39 is 4.92 Å². The number of hydrogen-bond acceptors (Lipinski definition) is 4. The van der Waals surface area contributed by atoms with Crippen molar-refractivity contribution in [2.75, 3.05) is 0 Å². The molecule has 1 aromatic heterocycles. The minimum atomic E-state index is -0.533. The molecule has 0 unspecified atom stereocenters. The lowest BCUT2D eigenvalue weighted by atomic mass is 10.5. The standard InChI is InChI=1S/C6H8N4O2/c1-2-9-6(7-5-8-9)3-4-10(11)12/h3-5H,2H2,1H3/b4-3+. The highest BCUT2D eigenvalue weighted by Gasteiger charge is 1.98. The molecule has 0 aliphatic heterocycles. The third-order valence-electron chi connectivity index (χ3n) is 1.29. The number of nitrogens with zero attached hydrogens (tertiary/aromatic N) is 4. The average Bonchev–Trinajstić information content (AvgIpc) is 2.47. The molecule has 0 spiro atoms. The predicted molar refractivity (Wildman–Crippen MR) is 41.7 cm³/mol. The highest BCUT2D eigenvalue weighted by atomic mass is 16.6. The van der Waals surface area contributed by atoms with E-state index in [9.17, 15) is 10.1 Å². The summed E-state index contributed by atoms with van der Waals surface area (Å²) in [4.78, 5) is 13.2. The largest absolute Gasteiger partial charge is 0.259 e. The number of aromatic nitrogens is 3. The van der Waals surface area contributed by atoms with Crippen molar-refractivity contribution < 1.29 is 4.92 Å². The summed E-state index contributed by atoms with van der Waals surface area (Å²) >= 11 is 0. The Bertz CT molecular complexity index is 304. The van der Waals surface area contributed by atoms with Gasteiger partial charge in [-0.1, -0.05) is 0 Å². The topological polar surface area (TPSA) is 73.8 Å². The fourth-order valence-corrected chi connectivity index (χ4v) is 0.773. The summed E-state index contributed by atoms with van der Waals surface area (Å²) in [5.41, 5.74) is 0. The molecule has 0 N–H and O–H groups in total. The molecule has 1 heterocycles. The third-order valence-corrected chi connectivity index (χ3v) is 1.29. The lowest BCUT2D eigenvalue weighted by Crippen LogP contribution is -1.99. The number of nitro groups is 1. The van der Waals surface area contributed by atoms with Gasteiger partial charge < -0.3 is 0 Å². The van der Waals surface area contributed by atoms with Gasteiger partial charge >= 0.3 is 0 Å². The van der Waals surface area contributed by atoms with E-state index in [1.807, 2.05) is 6.92 Å². The second-order valence-corrected chi connectivity index (χ2v) is 2.04. The van der Waals surface area contributed by atoms with Crippen molar-refractivity contribution in [2.45, 2.75) is 13.5 Å². The summed E-state index contributed by atoms with van der Waals surface area (Å²) in [5, 5.41) is 13.8. The van der Waals surface area contributed by atoms with E-state index in [1.165, 1.54) is 12.4 Å². The van der Waals surface area contributed by atoms with Gasteiger partial charge in [-0.25, -0.2) is 9.67 Å². The summed E-state index contributed by atoms with van der Waals surface area (Å²) in [6.07, 6.45) is 3.52. The lowest BCUT2D eigenvalue weighted by Gasteiger charge is -1.94. The molecule has 0 bridgehead atoms. The quantitative estimate of drug-likeness (QED) is 0.487. The van der Waals surface area contributed by atoms with Gasteiger partial charge in [0.2, 0.25) is 6.20 Å². The summed E-state index contributed by atoms with van der Waals surface area (Å²) in [6.45, 7) is 2.54. The van der Waals surface area contributed by atoms with Crippen LogP contribution in [0.25, 0.3) is 6.08 Å². The Morgan fingerprint density at radius 1 is 1.83 bits per heavy atom. The minimum Gasteiger partial charge on any atom is -0.259 e. The maximum absolute atomic E-state index is 9.96. The monoisotopic (exact) mass is 168 g/mol. The van der Waals surface area contributed by atoms with Crippen LogP contribution in [0.2, 0.25) is 0 Å². The van der Waals surface area contributed by atoms with Crippen molar-refractivity contribution >= 4 is 6.08 Å². The molecule has 0 atom stereocenters. The van der Waals surface area contributed by atoms with Gasteiger partial charge in [0, 0.05) is 6.54 Å². The Morgan fingerprint density at radius 3 is 3.17 bits per heavy atom. The Hall–Kier alpha value is -1.72. The second kappa shape index (κ2) is 3.61. The summed E-state index contributed by atoms with van der Waals surface area (Å²) in [6, 6.07) is 0. The molecule has 12 heavy (non-hydrogen) atoms. The molecule has 64 valence electrons. The molecule has 6 nitrogen and oxygen atoms in total. The van der Waals surface area contributed by atoms with Crippen LogP contribution in [-0.2, 0) is 6.54 Å². The van der Waals surface area contributed by atoms with Gasteiger partial charge in [-0.3, -0.25) is 10.1 Å². The van der Waals surface area contributed by atoms with Gasteiger partial charge in [-0.05, 0) is 6.92 Å². The molecule has 6 heteroatoms. The molecule has 1 aromatic rings. The lowest BCUT2D eigenvalue weighted by molar-refractivity contribution is -0.401. The molecule has 0 aromatic carbocycles. The van der Waals surface area contributed by atoms with E-state index in [1.54, 1.807) is 4.68 Å². The molecule has 0 amide bonds. The maximum atomic E-state index is 9.96. The zero-order chi connectivity index (χ0) is 8.97. The van der Waals surface area contributed by atoms with Crippen molar-refractivity contribution in [3.8, 4) is 0 Å². The van der Waals surface area contributed by atoms with Gasteiger partial charge in [0.05, 0.1) is 11.0 Å². The molecule has 0 radical (unpaired) electrons. The van der Waals surface area contributed by atoms with Crippen molar-refractivity contribution in [2.24, 2.45) is 0 Å². The number of aryl methyl sites for hydroxylation is 1. The van der Waals surface area contributed by atoms with Crippen LogP contribution in [0, 0.1) is 10.1 Å². The molecular weight excluding hydrogens is 160 g/mol. The SMILES string of the molecule is CCn1ncnc1/C=C/[N+](=O)[O-]. The highest BCUT2D eigenvalue weighted by molar-refractivity contribution is 5.37.